The van der Waals surface area contributed by atoms with Crippen LogP contribution in [-0.2, 0) is 0 Å². The average Bonchev–Trinajstić information content (AvgIpc) is 2.84. The van der Waals surface area contributed by atoms with Gasteiger partial charge in [0.25, 0.3) is 0 Å². The van der Waals surface area contributed by atoms with Gasteiger partial charge in [0.2, 0.25) is 0 Å². The van der Waals surface area contributed by atoms with Crippen molar-refractivity contribution in [3.63, 3.8) is 0 Å². The Kier molecular flexibility index (Phi) is 3.40. The fourth-order valence-corrected chi connectivity index (χ4v) is 2.39. The molecule has 0 amide bonds. The van der Waals surface area contributed by atoms with Crippen molar-refractivity contribution in [3.8, 4) is 0 Å². The molecular formula is C18H15NO2. The van der Waals surface area contributed by atoms with E-state index in [-0.39, 0.29) is 5.78 Å². The average molecular weight is 277 g/mol. The van der Waals surface area contributed by atoms with Gasteiger partial charge in [-0.1, -0.05) is 18.2 Å². The molecule has 3 heteroatoms. The molecule has 0 aliphatic heterocycles. The van der Waals surface area contributed by atoms with Crippen LogP contribution in [0.15, 0.2) is 53.3 Å². The summed E-state index contributed by atoms with van der Waals surface area (Å²) < 4.78 is 5.26. The summed E-state index contributed by atoms with van der Waals surface area (Å²) in [4.78, 5) is 16.5. The van der Waals surface area contributed by atoms with E-state index in [4.69, 9.17) is 4.42 Å². The number of allylic oxidation sites excluding steroid dienone is 1. The third-order valence-electron chi connectivity index (χ3n) is 3.46. The van der Waals surface area contributed by atoms with Gasteiger partial charge in [-0.3, -0.25) is 9.78 Å². The third kappa shape index (κ3) is 2.63. The van der Waals surface area contributed by atoms with Crippen LogP contribution in [0.4, 0.5) is 0 Å². The fourth-order valence-electron chi connectivity index (χ4n) is 2.39. The van der Waals surface area contributed by atoms with E-state index >= 15 is 0 Å². The number of fused-ring (bicyclic) bond motifs is 1. The highest BCUT2D eigenvalue weighted by Crippen LogP contribution is 2.18. The minimum Gasteiger partial charge on any atom is -0.469 e. The Labute approximate surface area is 122 Å². The summed E-state index contributed by atoms with van der Waals surface area (Å²) in [6.45, 7) is 3.68. The Morgan fingerprint density at radius 1 is 1.24 bits per heavy atom. The zero-order valence-electron chi connectivity index (χ0n) is 12.0. The van der Waals surface area contributed by atoms with E-state index in [9.17, 15) is 4.79 Å². The monoisotopic (exact) mass is 277 g/mol. The SMILES string of the molecule is Cc1coc(C)c1C(=O)C=Cc1ccc2ncccc2c1. The van der Waals surface area contributed by atoms with Crippen LogP contribution in [0, 0.1) is 13.8 Å². The largest absolute Gasteiger partial charge is 0.469 e. The molecule has 0 spiro atoms. The highest BCUT2D eigenvalue weighted by atomic mass is 16.3. The molecule has 0 saturated carbocycles. The number of pyridine rings is 1. The third-order valence-corrected chi connectivity index (χ3v) is 3.46. The molecule has 2 aromatic heterocycles. The van der Waals surface area contributed by atoms with E-state index < -0.39 is 0 Å². The maximum Gasteiger partial charge on any atom is 0.189 e. The van der Waals surface area contributed by atoms with Crippen LogP contribution >= 0.6 is 0 Å². The number of carbonyl (C=O) groups is 1. The summed E-state index contributed by atoms with van der Waals surface area (Å²) in [5.74, 6) is 0.620. The summed E-state index contributed by atoms with van der Waals surface area (Å²) in [6.07, 6.45) is 6.78. The van der Waals surface area contributed by atoms with Crippen molar-refractivity contribution in [2.24, 2.45) is 0 Å². The molecule has 0 N–H and O–H groups in total. The molecule has 0 aliphatic carbocycles. The molecule has 0 radical (unpaired) electrons. The second-order valence-corrected chi connectivity index (χ2v) is 5.00. The van der Waals surface area contributed by atoms with E-state index in [1.165, 1.54) is 0 Å². The second-order valence-electron chi connectivity index (χ2n) is 5.00. The molecule has 3 rings (SSSR count). The van der Waals surface area contributed by atoms with Gasteiger partial charge in [-0.15, -0.1) is 0 Å². The summed E-state index contributed by atoms with van der Waals surface area (Å²) in [5.41, 5.74) is 3.43. The van der Waals surface area contributed by atoms with Crippen molar-refractivity contribution < 1.29 is 9.21 Å². The fraction of sp³-hybridized carbons (Fsp3) is 0.111. The lowest BCUT2D eigenvalue weighted by molar-refractivity contribution is 0.104. The number of aryl methyl sites for hydroxylation is 2. The first kappa shape index (κ1) is 13.3. The molecule has 0 atom stereocenters. The maximum atomic E-state index is 12.2. The van der Waals surface area contributed by atoms with Crippen LogP contribution in [0.1, 0.15) is 27.2 Å². The zero-order chi connectivity index (χ0) is 14.8. The van der Waals surface area contributed by atoms with Gasteiger partial charge in [0.05, 0.1) is 17.3 Å². The molecule has 0 fully saturated rings. The summed E-state index contributed by atoms with van der Waals surface area (Å²) in [6, 6.07) is 9.83. The maximum absolute atomic E-state index is 12.2. The zero-order valence-corrected chi connectivity index (χ0v) is 12.0. The van der Waals surface area contributed by atoms with Crippen LogP contribution in [0.25, 0.3) is 17.0 Å². The van der Waals surface area contributed by atoms with Gasteiger partial charge >= 0.3 is 0 Å². The Hall–Kier alpha value is -2.68. The van der Waals surface area contributed by atoms with Crippen LogP contribution in [0.3, 0.4) is 0 Å². The van der Waals surface area contributed by atoms with Crippen molar-refractivity contribution in [1.29, 1.82) is 0 Å². The molecule has 0 aliphatic rings. The van der Waals surface area contributed by atoms with E-state index in [0.717, 1.165) is 22.0 Å². The highest BCUT2D eigenvalue weighted by molar-refractivity contribution is 6.08. The topological polar surface area (TPSA) is 43.1 Å². The van der Waals surface area contributed by atoms with Gasteiger partial charge in [-0.2, -0.15) is 0 Å². The van der Waals surface area contributed by atoms with E-state index in [2.05, 4.69) is 4.98 Å². The Morgan fingerprint density at radius 2 is 2.10 bits per heavy atom. The molecule has 0 unspecified atom stereocenters. The van der Waals surface area contributed by atoms with Gasteiger partial charge in [0, 0.05) is 11.6 Å². The number of carbonyl (C=O) groups excluding carboxylic acids is 1. The minimum absolute atomic E-state index is 0.0370. The van der Waals surface area contributed by atoms with Gasteiger partial charge in [0.15, 0.2) is 5.78 Å². The first-order chi connectivity index (χ1) is 10.1. The van der Waals surface area contributed by atoms with Crippen LogP contribution in [0.5, 0.6) is 0 Å². The lowest BCUT2D eigenvalue weighted by Crippen LogP contribution is -1.96. The van der Waals surface area contributed by atoms with Crippen molar-refractivity contribution in [3.05, 3.63) is 71.3 Å². The van der Waals surface area contributed by atoms with Crippen molar-refractivity contribution in [1.82, 2.24) is 4.98 Å². The number of hydrogen-bond acceptors (Lipinski definition) is 3. The normalized spacial score (nSPS) is 11.3. The lowest BCUT2D eigenvalue weighted by Gasteiger charge is -1.99. The Morgan fingerprint density at radius 3 is 2.86 bits per heavy atom. The standard InChI is InChI=1S/C18H15NO2/c1-12-11-21-13(2)18(12)17(20)8-6-14-5-7-16-15(10-14)4-3-9-19-16/h3-11H,1-2H3. The Bertz CT molecular complexity index is 824. The highest BCUT2D eigenvalue weighted by Gasteiger charge is 2.12. The van der Waals surface area contributed by atoms with Crippen LogP contribution < -0.4 is 0 Å². The molecule has 2 heterocycles. The lowest BCUT2D eigenvalue weighted by atomic mass is 10.1. The van der Waals surface area contributed by atoms with Crippen molar-refractivity contribution in [2.45, 2.75) is 13.8 Å². The molecule has 0 saturated heterocycles. The van der Waals surface area contributed by atoms with Crippen molar-refractivity contribution >= 4 is 22.8 Å². The van der Waals surface area contributed by atoms with Gasteiger partial charge in [-0.25, -0.2) is 0 Å². The predicted molar refractivity (Wildman–Crippen MR) is 83.3 cm³/mol. The van der Waals surface area contributed by atoms with Crippen LogP contribution in [0.2, 0.25) is 0 Å². The first-order valence-corrected chi connectivity index (χ1v) is 6.77. The van der Waals surface area contributed by atoms with E-state index in [1.54, 1.807) is 25.5 Å². The summed E-state index contributed by atoms with van der Waals surface area (Å²) >= 11 is 0. The number of aromatic nitrogens is 1. The summed E-state index contributed by atoms with van der Waals surface area (Å²) in [7, 11) is 0. The van der Waals surface area contributed by atoms with Gasteiger partial charge in [-0.05, 0) is 49.2 Å². The minimum atomic E-state index is -0.0370. The summed E-state index contributed by atoms with van der Waals surface area (Å²) in [5, 5.41) is 1.06. The van der Waals surface area contributed by atoms with E-state index in [0.29, 0.717) is 11.3 Å². The molecule has 3 nitrogen and oxygen atoms in total. The number of nitrogens with zero attached hydrogens (tertiary/aromatic N) is 1. The molecular weight excluding hydrogens is 262 g/mol. The molecule has 104 valence electrons. The van der Waals surface area contributed by atoms with E-state index in [1.807, 2.05) is 43.3 Å². The predicted octanol–water partition coefficient (Wildman–Crippen LogP) is 4.34. The molecule has 21 heavy (non-hydrogen) atoms. The quantitative estimate of drug-likeness (QED) is 0.528. The molecule has 0 bridgehead atoms. The Balaban J connectivity index is 1.89. The number of furan rings is 1. The number of benzene rings is 1. The molecule has 3 aromatic rings. The second kappa shape index (κ2) is 5.37. The number of hydrogen-bond donors (Lipinski definition) is 0. The molecule has 1 aromatic carbocycles. The van der Waals surface area contributed by atoms with Gasteiger partial charge in [0.1, 0.15) is 5.76 Å². The number of ketones is 1. The van der Waals surface area contributed by atoms with Crippen LogP contribution in [-0.4, -0.2) is 10.8 Å². The van der Waals surface area contributed by atoms with Gasteiger partial charge < -0.3 is 4.42 Å². The van der Waals surface area contributed by atoms with Crippen molar-refractivity contribution in [2.75, 3.05) is 0 Å². The first-order valence-electron chi connectivity index (χ1n) is 6.77. The smallest absolute Gasteiger partial charge is 0.189 e. The number of rotatable bonds is 3.